The van der Waals surface area contributed by atoms with Gasteiger partial charge in [-0.2, -0.15) is 0 Å². The first-order valence-corrected chi connectivity index (χ1v) is 5.75. The van der Waals surface area contributed by atoms with Gasteiger partial charge >= 0.3 is 0 Å². The Hall–Kier alpha value is -0.610. The summed E-state index contributed by atoms with van der Waals surface area (Å²) >= 11 is 0. The van der Waals surface area contributed by atoms with Gasteiger partial charge in [0.1, 0.15) is 0 Å². The minimum absolute atomic E-state index is 0.0552. The van der Waals surface area contributed by atoms with Gasteiger partial charge in [0.2, 0.25) is 5.91 Å². The first-order chi connectivity index (χ1) is 7.16. The second-order valence-electron chi connectivity index (χ2n) is 4.14. The molecule has 0 saturated heterocycles. The lowest BCUT2D eigenvalue weighted by Crippen LogP contribution is -2.35. The third-order valence-corrected chi connectivity index (χ3v) is 2.09. The Balaban J connectivity index is 3.19. The van der Waals surface area contributed by atoms with E-state index in [0.717, 1.165) is 32.4 Å². The van der Waals surface area contributed by atoms with E-state index >= 15 is 0 Å². The van der Waals surface area contributed by atoms with Crippen molar-refractivity contribution in [1.82, 2.24) is 10.6 Å². The molecule has 0 aliphatic heterocycles. The van der Waals surface area contributed by atoms with Crippen molar-refractivity contribution in [2.24, 2.45) is 5.92 Å². The fourth-order valence-corrected chi connectivity index (χ4v) is 1.13. The molecule has 4 heteroatoms. The molecule has 0 bridgehead atoms. The van der Waals surface area contributed by atoms with Crippen LogP contribution in [0, 0.1) is 5.92 Å². The van der Waals surface area contributed by atoms with Gasteiger partial charge in [0.25, 0.3) is 0 Å². The highest BCUT2D eigenvalue weighted by atomic mass is 16.2. The quantitative estimate of drug-likeness (QED) is 0.492. The number of aliphatic hydroxyl groups is 1. The van der Waals surface area contributed by atoms with Gasteiger partial charge in [-0.15, -0.1) is 0 Å². The van der Waals surface area contributed by atoms with Crippen LogP contribution in [0.2, 0.25) is 0 Å². The summed E-state index contributed by atoms with van der Waals surface area (Å²) in [4.78, 5) is 11.2. The van der Waals surface area contributed by atoms with E-state index in [0.29, 0.717) is 12.5 Å². The maximum atomic E-state index is 11.2. The molecule has 0 aromatic heterocycles. The summed E-state index contributed by atoms with van der Waals surface area (Å²) in [5.41, 5.74) is 0. The van der Waals surface area contributed by atoms with E-state index in [9.17, 15) is 4.79 Å². The van der Waals surface area contributed by atoms with Crippen LogP contribution in [0.1, 0.15) is 33.1 Å². The molecule has 3 N–H and O–H groups in total. The molecular formula is C11H24N2O2. The lowest BCUT2D eigenvalue weighted by Gasteiger charge is -2.07. The van der Waals surface area contributed by atoms with Crippen LogP contribution in [0.4, 0.5) is 0 Å². The maximum Gasteiger partial charge on any atom is 0.233 e. The monoisotopic (exact) mass is 216 g/mol. The number of rotatable bonds is 9. The zero-order chi connectivity index (χ0) is 11.5. The standard InChI is InChI=1S/C11H24N2O2/c1-10(2)5-7-13-11(15)9-12-6-3-4-8-14/h10,12,14H,3-9H2,1-2H3,(H,13,15). The number of hydrogen-bond acceptors (Lipinski definition) is 3. The molecule has 0 aromatic carbocycles. The van der Waals surface area contributed by atoms with E-state index < -0.39 is 0 Å². The van der Waals surface area contributed by atoms with Gasteiger partial charge in [-0.1, -0.05) is 13.8 Å². The fourth-order valence-electron chi connectivity index (χ4n) is 1.13. The molecule has 90 valence electrons. The summed E-state index contributed by atoms with van der Waals surface area (Å²) in [6, 6.07) is 0. The topological polar surface area (TPSA) is 61.4 Å². The molecule has 1 amide bonds. The largest absolute Gasteiger partial charge is 0.396 e. The molecule has 0 rings (SSSR count). The Morgan fingerprint density at radius 3 is 2.60 bits per heavy atom. The second-order valence-corrected chi connectivity index (χ2v) is 4.14. The van der Waals surface area contributed by atoms with Gasteiger partial charge in [-0.25, -0.2) is 0 Å². The molecule has 0 atom stereocenters. The summed E-state index contributed by atoms with van der Waals surface area (Å²) in [5.74, 6) is 0.683. The highest BCUT2D eigenvalue weighted by Gasteiger charge is 2.00. The van der Waals surface area contributed by atoms with Gasteiger partial charge in [0.15, 0.2) is 0 Å². The highest BCUT2D eigenvalue weighted by Crippen LogP contribution is 1.95. The number of amides is 1. The first kappa shape index (κ1) is 14.4. The van der Waals surface area contributed by atoms with Crippen molar-refractivity contribution in [3.8, 4) is 0 Å². The summed E-state index contributed by atoms with van der Waals surface area (Å²) in [5, 5.41) is 14.4. The predicted molar refractivity (Wildman–Crippen MR) is 61.7 cm³/mol. The van der Waals surface area contributed by atoms with E-state index in [1.807, 2.05) is 0 Å². The Morgan fingerprint density at radius 2 is 2.00 bits per heavy atom. The van der Waals surface area contributed by atoms with Gasteiger partial charge in [-0.05, 0) is 31.7 Å². The Bertz CT molecular complexity index is 161. The number of carbonyl (C=O) groups excluding carboxylic acids is 1. The maximum absolute atomic E-state index is 11.2. The van der Waals surface area contributed by atoms with Gasteiger partial charge < -0.3 is 15.7 Å². The number of hydrogen-bond donors (Lipinski definition) is 3. The third-order valence-electron chi connectivity index (χ3n) is 2.09. The number of nitrogens with one attached hydrogen (secondary N) is 2. The Labute approximate surface area is 92.4 Å². The summed E-state index contributed by atoms with van der Waals surface area (Å²) < 4.78 is 0. The summed E-state index contributed by atoms with van der Waals surface area (Å²) in [7, 11) is 0. The lowest BCUT2D eigenvalue weighted by atomic mass is 10.1. The number of carbonyl (C=O) groups is 1. The molecule has 0 aliphatic rings. The van der Waals surface area contributed by atoms with Crippen molar-refractivity contribution in [3.63, 3.8) is 0 Å². The second kappa shape index (κ2) is 9.93. The van der Waals surface area contributed by atoms with E-state index in [-0.39, 0.29) is 12.5 Å². The van der Waals surface area contributed by atoms with Gasteiger partial charge in [0, 0.05) is 13.2 Å². The molecule has 0 fully saturated rings. The van der Waals surface area contributed by atoms with Crippen LogP contribution in [0.15, 0.2) is 0 Å². The summed E-state index contributed by atoms with van der Waals surface area (Å²) in [6.45, 7) is 6.43. The van der Waals surface area contributed by atoms with Crippen molar-refractivity contribution in [1.29, 1.82) is 0 Å². The molecule has 0 spiro atoms. The van der Waals surface area contributed by atoms with Crippen LogP contribution < -0.4 is 10.6 Å². The average molecular weight is 216 g/mol. The molecule has 0 unspecified atom stereocenters. The molecule has 0 radical (unpaired) electrons. The Morgan fingerprint density at radius 1 is 1.27 bits per heavy atom. The average Bonchev–Trinajstić information content (AvgIpc) is 2.17. The van der Waals surface area contributed by atoms with Crippen LogP contribution in [-0.4, -0.2) is 37.3 Å². The fraction of sp³-hybridized carbons (Fsp3) is 0.909. The Kier molecular flexibility index (Phi) is 9.52. The first-order valence-electron chi connectivity index (χ1n) is 5.75. The smallest absolute Gasteiger partial charge is 0.233 e. The number of aliphatic hydroxyl groups excluding tert-OH is 1. The SMILES string of the molecule is CC(C)CCNC(=O)CNCCCCO. The van der Waals surface area contributed by atoms with E-state index in [1.54, 1.807) is 0 Å². The van der Waals surface area contributed by atoms with Crippen molar-refractivity contribution in [3.05, 3.63) is 0 Å². The van der Waals surface area contributed by atoms with Crippen molar-refractivity contribution in [2.75, 3.05) is 26.2 Å². The van der Waals surface area contributed by atoms with Crippen molar-refractivity contribution >= 4 is 5.91 Å². The minimum atomic E-state index is 0.0552. The molecule has 0 saturated carbocycles. The van der Waals surface area contributed by atoms with Gasteiger partial charge in [0.05, 0.1) is 6.54 Å². The van der Waals surface area contributed by atoms with Crippen LogP contribution in [0.25, 0.3) is 0 Å². The van der Waals surface area contributed by atoms with Crippen molar-refractivity contribution in [2.45, 2.75) is 33.1 Å². The third kappa shape index (κ3) is 11.3. The van der Waals surface area contributed by atoms with E-state index in [1.165, 1.54) is 0 Å². The lowest BCUT2D eigenvalue weighted by molar-refractivity contribution is -0.120. The van der Waals surface area contributed by atoms with Crippen LogP contribution >= 0.6 is 0 Å². The zero-order valence-corrected chi connectivity index (χ0v) is 9.88. The van der Waals surface area contributed by atoms with Crippen LogP contribution in [0.3, 0.4) is 0 Å². The molecular weight excluding hydrogens is 192 g/mol. The highest BCUT2D eigenvalue weighted by molar-refractivity contribution is 5.77. The summed E-state index contributed by atoms with van der Waals surface area (Å²) in [6.07, 6.45) is 2.73. The van der Waals surface area contributed by atoms with Crippen molar-refractivity contribution < 1.29 is 9.90 Å². The van der Waals surface area contributed by atoms with Crippen LogP contribution in [0.5, 0.6) is 0 Å². The zero-order valence-electron chi connectivity index (χ0n) is 9.88. The predicted octanol–water partition coefficient (Wildman–Crippen LogP) is 0.511. The molecule has 15 heavy (non-hydrogen) atoms. The van der Waals surface area contributed by atoms with E-state index in [2.05, 4.69) is 24.5 Å². The molecule has 0 aromatic rings. The molecule has 0 heterocycles. The van der Waals surface area contributed by atoms with E-state index in [4.69, 9.17) is 5.11 Å². The molecule has 4 nitrogen and oxygen atoms in total. The number of unbranched alkanes of at least 4 members (excludes halogenated alkanes) is 1. The minimum Gasteiger partial charge on any atom is -0.396 e. The normalized spacial score (nSPS) is 10.7. The molecule has 0 aliphatic carbocycles. The van der Waals surface area contributed by atoms with Crippen LogP contribution in [-0.2, 0) is 4.79 Å². The van der Waals surface area contributed by atoms with Gasteiger partial charge in [-0.3, -0.25) is 4.79 Å².